The fourth-order valence-electron chi connectivity index (χ4n) is 2.70. The number of carbonyl (C=O) groups excluding carboxylic acids is 1. The Hall–Kier alpha value is -1.36. The molecule has 0 aromatic carbocycles. The predicted molar refractivity (Wildman–Crippen MR) is 75.3 cm³/mol. The van der Waals surface area contributed by atoms with Gasteiger partial charge in [-0.1, -0.05) is 6.92 Å². The zero-order chi connectivity index (χ0) is 13.8. The van der Waals surface area contributed by atoms with Crippen molar-refractivity contribution in [3.05, 3.63) is 17.0 Å². The molecular weight excluding hydrogens is 240 g/mol. The van der Waals surface area contributed by atoms with Gasteiger partial charge in [0.05, 0.1) is 11.3 Å². The van der Waals surface area contributed by atoms with Gasteiger partial charge in [0.15, 0.2) is 0 Å². The molecule has 0 spiro atoms. The van der Waals surface area contributed by atoms with Gasteiger partial charge in [-0.3, -0.25) is 9.89 Å². The highest BCUT2D eigenvalue weighted by Gasteiger charge is 2.26. The molecule has 1 aromatic heterocycles. The topological polar surface area (TPSA) is 61.0 Å². The molecule has 1 fully saturated rings. The van der Waals surface area contributed by atoms with Gasteiger partial charge in [-0.2, -0.15) is 5.10 Å². The Bertz CT molecular complexity index is 421. The molecule has 2 rings (SSSR count). The van der Waals surface area contributed by atoms with Crippen LogP contribution in [0.1, 0.15) is 47.9 Å². The van der Waals surface area contributed by atoms with Gasteiger partial charge in [0, 0.05) is 24.8 Å². The molecule has 1 amide bonds. The molecule has 5 nitrogen and oxygen atoms in total. The Morgan fingerprint density at radius 2 is 2.32 bits per heavy atom. The Morgan fingerprint density at radius 1 is 1.53 bits per heavy atom. The first kappa shape index (κ1) is 14.1. The van der Waals surface area contributed by atoms with Crippen LogP contribution in [0.25, 0.3) is 0 Å². The van der Waals surface area contributed by atoms with E-state index in [4.69, 9.17) is 0 Å². The van der Waals surface area contributed by atoms with Crippen LogP contribution in [-0.4, -0.2) is 46.7 Å². The molecule has 106 valence electrons. The first-order valence-electron chi connectivity index (χ1n) is 7.17. The van der Waals surface area contributed by atoms with Crippen molar-refractivity contribution in [2.24, 2.45) is 0 Å². The van der Waals surface area contributed by atoms with Crippen LogP contribution in [0.5, 0.6) is 0 Å². The molecular formula is C14H24N4O. The van der Waals surface area contributed by atoms with Crippen molar-refractivity contribution in [3.63, 3.8) is 0 Å². The molecule has 19 heavy (non-hydrogen) atoms. The molecule has 0 bridgehead atoms. The van der Waals surface area contributed by atoms with E-state index in [1.54, 1.807) is 0 Å². The van der Waals surface area contributed by atoms with E-state index in [0.717, 1.165) is 55.8 Å². The number of H-pyrrole nitrogens is 1. The van der Waals surface area contributed by atoms with Crippen LogP contribution >= 0.6 is 0 Å². The number of likely N-dealkylation sites (tertiary alicyclic amines) is 1. The maximum Gasteiger partial charge on any atom is 0.257 e. The Labute approximate surface area is 114 Å². The molecule has 0 aliphatic carbocycles. The van der Waals surface area contributed by atoms with E-state index in [1.807, 2.05) is 18.7 Å². The predicted octanol–water partition coefficient (Wildman–Crippen LogP) is 1.63. The first-order valence-corrected chi connectivity index (χ1v) is 7.17. The second-order valence-corrected chi connectivity index (χ2v) is 5.35. The van der Waals surface area contributed by atoms with E-state index in [1.165, 1.54) is 0 Å². The molecule has 1 aliphatic rings. The van der Waals surface area contributed by atoms with Gasteiger partial charge in [-0.25, -0.2) is 0 Å². The number of hydrogen-bond donors (Lipinski definition) is 2. The van der Waals surface area contributed by atoms with Gasteiger partial charge in [0.25, 0.3) is 5.91 Å². The molecule has 1 aliphatic heterocycles. The molecule has 5 heteroatoms. The van der Waals surface area contributed by atoms with E-state index in [2.05, 4.69) is 22.4 Å². The minimum Gasteiger partial charge on any atom is -0.337 e. The third kappa shape index (κ3) is 3.15. The average Bonchev–Trinajstić information content (AvgIpc) is 2.75. The normalized spacial score (nSPS) is 19.7. The minimum atomic E-state index is 0.117. The number of nitrogens with one attached hydrogen (secondary N) is 2. The second kappa shape index (κ2) is 6.19. The first-order chi connectivity index (χ1) is 9.13. The third-order valence-corrected chi connectivity index (χ3v) is 3.73. The molecule has 1 unspecified atom stereocenters. The summed E-state index contributed by atoms with van der Waals surface area (Å²) >= 11 is 0. The monoisotopic (exact) mass is 264 g/mol. The van der Waals surface area contributed by atoms with Crippen LogP contribution in [0.2, 0.25) is 0 Å². The fraction of sp³-hybridized carbons (Fsp3) is 0.714. The lowest BCUT2D eigenvalue weighted by molar-refractivity contribution is 0.0693. The van der Waals surface area contributed by atoms with E-state index < -0.39 is 0 Å². The Kier molecular flexibility index (Phi) is 4.58. The van der Waals surface area contributed by atoms with Gasteiger partial charge < -0.3 is 10.2 Å². The number of amides is 1. The highest BCUT2D eigenvalue weighted by molar-refractivity contribution is 5.96. The average molecular weight is 264 g/mol. The molecule has 1 aromatic rings. The van der Waals surface area contributed by atoms with Crippen molar-refractivity contribution in [2.45, 2.75) is 46.1 Å². The van der Waals surface area contributed by atoms with Crippen molar-refractivity contribution < 1.29 is 4.79 Å². The van der Waals surface area contributed by atoms with Gasteiger partial charge >= 0.3 is 0 Å². The van der Waals surface area contributed by atoms with Crippen LogP contribution in [0.4, 0.5) is 0 Å². The molecule has 0 radical (unpaired) electrons. The summed E-state index contributed by atoms with van der Waals surface area (Å²) in [4.78, 5) is 14.5. The molecule has 0 saturated carbocycles. The highest BCUT2D eigenvalue weighted by Crippen LogP contribution is 2.17. The summed E-state index contributed by atoms with van der Waals surface area (Å²) in [6.07, 6.45) is 3.36. The minimum absolute atomic E-state index is 0.117. The summed E-state index contributed by atoms with van der Waals surface area (Å²) in [6.45, 7) is 8.64. The lowest BCUT2D eigenvalue weighted by atomic mass is 10.0. The van der Waals surface area contributed by atoms with Crippen molar-refractivity contribution in [1.29, 1.82) is 0 Å². The van der Waals surface area contributed by atoms with Crippen molar-refractivity contribution in [3.8, 4) is 0 Å². The third-order valence-electron chi connectivity index (χ3n) is 3.73. The second-order valence-electron chi connectivity index (χ2n) is 5.35. The zero-order valence-corrected chi connectivity index (χ0v) is 12.1. The Balaban J connectivity index is 2.03. The van der Waals surface area contributed by atoms with Crippen LogP contribution in [0.15, 0.2) is 0 Å². The largest absolute Gasteiger partial charge is 0.337 e. The maximum absolute atomic E-state index is 12.6. The quantitative estimate of drug-likeness (QED) is 0.869. The van der Waals surface area contributed by atoms with Crippen LogP contribution in [0, 0.1) is 13.8 Å². The number of aromatic amines is 1. The molecule has 2 N–H and O–H groups in total. The standard InChI is InChI=1S/C14H24N4O/c1-4-7-15-12-6-5-8-18(9-12)14(19)13-10(2)16-17-11(13)3/h12,15H,4-9H2,1-3H3,(H,16,17). The smallest absolute Gasteiger partial charge is 0.257 e. The highest BCUT2D eigenvalue weighted by atomic mass is 16.2. The van der Waals surface area contributed by atoms with Gasteiger partial charge in [-0.15, -0.1) is 0 Å². The maximum atomic E-state index is 12.6. The van der Waals surface area contributed by atoms with Gasteiger partial charge in [0.1, 0.15) is 0 Å². The van der Waals surface area contributed by atoms with E-state index in [-0.39, 0.29) is 5.91 Å². The summed E-state index contributed by atoms with van der Waals surface area (Å²) in [7, 11) is 0. The summed E-state index contributed by atoms with van der Waals surface area (Å²) in [5, 5.41) is 10.5. The van der Waals surface area contributed by atoms with Crippen molar-refractivity contribution in [1.82, 2.24) is 20.4 Å². The number of carbonyl (C=O) groups is 1. The molecule has 1 saturated heterocycles. The molecule has 1 atom stereocenters. The van der Waals surface area contributed by atoms with E-state index in [0.29, 0.717) is 6.04 Å². The molecule has 2 heterocycles. The lowest BCUT2D eigenvalue weighted by Gasteiger charge is -2.33. The fourth-order valence-corrected chi connectivity index (χ4v) is 2.70. The number of hydrogen-bond acceptors (Lipinski definition) is 3. The summed E-state index contributed by atoms with van der Waals surface area (Å²) in [5.41, 5.74) is 2.41. The zero-order valence-electron chi connectivity index (χ0n) is 12.1. The van der Waals surface area contributed by atoms with Crippen molar-refractivity contribution >= 4 is 5.91 Å². The number of aryl methyl sites for hydroxylation is 2. The number of rotatable bonds is 4. The van der Waals surface area contributed by atoms with Gasteiger partial charge in [0.2, 0.25) is 0 Å². The number of nitrogens with zero attached hydrogens (tertiary/aromatic N) is 2. The number of aromatic nitrogens is 2. The van der Waals surface area contributed by atoms with E-state index in [9.17, 15) is 4.79 Å². The van der Waals surface area contributed by atoms with E-state index >= 15 is 0 Å². The lowest BCUT2D eigenvalue weighted by Crippen LogP contribution is -2.48. The Morgan fingerprint density at radius 3 is 2.95 bits per heavy atom. The number of piperidine rings is 1. The summed E-state index contributed by atoms with van der Waals surface area (Å²) in [6, 6.07) is 0.435. The van der Waals surface area contributed by atoms with Gasteiger partial charge in [-0.05, 0) is 39.7 Å². The SMILES string of the molecule is CCCNC1CCCN(C(=O)c2c(C)n[nH]c2C)C1. The van der Waals surface area contributed by atoms with Crippen molar-refractivity contribution in [2.75, 3.05) is 19.6 Å². The summed E-state index contributed by atoms with van der Waals surface area (Å²) in [5.74, 6) is 0.117. The summed E-state index contributed by atoms with van der Waals surface area (Å²) < 4.78 is 0. The van der Waals surface area contributed by atoms with Crippen LogP contribution in [0.3, 0.4) is 0 Å². The van der Waals surface area contributed by atoms with Crippen LogP contribution in [-0.2, 0) is 0 Å². The van der Waals surface area contributed by atoms with Crippen LogP contribution < -0.4 is 5.32 Å².